The minimum Gasteiger partial charge on any atom is -0.349 e. The highest BCUT2D eigenvalue weighted by molar-refractivity contribution is 5.60. The molecule has 1 unspecified atom stereocenters. The van der Waals surface area contributed by atoms with Gasteiger partial charge >= 0.3 is 0 Å². The van der Waals surface area contributed by atoms with E-state index in [-0.39, 0.29) is 17.0 Å². The second-order valence-corrected chi connectivity index (χ2v) is 7.58. The maximum atomic E-state index is 12.1. The van der Waals surface area contributed by atoms with Gasteiger partial charge in [-0.15, -0.1) is 0 Å². The monoisotopic (exact) mass is 347 g/mol. The van der Waals surface area contributed by atoms with Crippen LogP contribution in [-0.2, 0) is 5.41 Å². The Morgan fingerprint density at radius 2 is 1.65 bits per heavy atom. The lowest BCUT2D eigenvalue weighted by molar-refractivity contribution is 0.590. The Balaban J connectivity index is 1.87. The Kier molecular flexibility index (Phi) is 4.94. The Bertz CT molecular complexity index is 922. The lowest BCUT2D eigenvalue weighted by atomic mass is 9.86. The van der Waals surface area contributed by atoms with Gasteiger partial charge in [-0.3, -0.25) is 9.78 Å². The predicted molar refractivity (Wildman–Crippen MR) is 107 cm³/mol. The van der Waals surface area contributed by atoms with Crippen molar-refractivity contribution >= 4 is 5.95 Å². The van der Waals surface area contributed by atoms with E-state index in [1.165, 1.54) is 11.6 Å². The van der Waals surface area contributed by atoms with Crippen molar-refractivity contribution in [1.82, 2.24) is 9.97 Å². The SMILES string of the molecule is CC(Nc1nc(-c2ccc(C(C)(C)C)cc2)cc(=O)[nH]1)c1ccccc1. The maximum absolute atomic E-state index is 12.1. The fraction of sp³-hybridized carbons (Fsp3) is 0.273. The molecule has 0 fully saturated rings. The highest BCUT2D eigenvalue weighted by Gasteiger charge is 2.14. The van der Waals surface area contributed by atoms with Crippen LogP contribution >= 0.6 is 0 Å². The first-order chi connectivity index (χ1) is 12.3. The van der Waals surface area contributed by atoms with E-state index >= 15 is 0 Å². The quantitative estimate of drug-likeness (QED) is 0.705. The van der Waals surface area contributed by atoms with E-state index in [1.54, 1.807) is 0 Å². The van der Waals surface area contributed by atoms with Gasteiger partial charge in [0.2, 0.25) is 5.95 Å². The van der Waals surface area contributed by atoms with Crippen LogP contribution in [0, 0.1) is 0 Å². The molecular weight excluding hydrogens is 322 g/mol. The largest absolute Gasteiger partial charge is 0.349 e. The zero-order valence-electron chi connectivity index (χ0n) is 15.7. The summed E-state index contributed by atoms with van der Waals surface area (Å²) in [5, 5.41) is 3.28. The number of anilines is 1. The molecule has 4 nitrogen and oxygen atoms in total. The molecule has 0 aliphatic carbocycles. The van der Waals surface area contributed by atoms with Crippen LogP contribution in [0.2, 0.25) is 0 Å². The number of hydrogen-bond donors (Lipinski definition) is 2. The van der Waals surface area contributed by atoms with Crippen molar-refractivity contribution in [1.29, 1.82) is 0 Å². The van der Waals surface area contributed by atoms with Gasteiger partial charge in [0.15, 0.2) is 0 Å². The predicted octanol–water partition coefficient (Wildman–Crippen LogP) is 4.91. The van der Waals surface area contributed by atoms with Crippen molar-refractivity contribution in [3.8, 4) is 11.3 Å². The zero-order valence-corrected chi connectivity index (χ0v) is 15.7. The average Bonchev–Trinajstić information content (AvgIpc) is 2.61. The number of aromatic amines is 1. The molecule has 0 saturated carbocycles. The summed E-state index contributed by atoms with van der Waals surface area (Å²) in [7, 11) is 0. The number of rotatable bonds is 4. The molecule has 134 valence electrons. The van der Waals surface area contributed by atoms with Gasteiger partial charge in [-0.05, 0) is 23.5 Å². The van der Waals surface area contributed by atoms with Crippen molar-refractivity contribution in [3.63, 3.8) is 0 Å². The van der Waals surface area contributed by atoms with Crippen LogP contribution in [0.3, 0.4) is 0 Å². The summed E-state index contributed by atoms with van der Waals surface area (Å²) in [6, 6.07) is 19.9. The molecule has 3 aromatic rings. The molecule has 1 aromatic heterocycles. The molecule has 0 aliphatic heterocycles. The highest BCUT2D eigenvalue weighted by atomic mass is 16.1. The first-order valence-electron chi connectivity index (χ1n) is 8.87. The fourth-order valence-corrected chi connectivity index (χ4v) is 2.84. The summed E-state index contributed by atoms with van der Waals surface area (Å²) in [4.78, 5) is 19.5. The smallest absolute Gasteiger partial charge is 0.252 e. The standard InChI is InChI=1S/C22H25N3O/c1-15(16-8-6-5-7-9-16)23-21-24-19(14-20(26)25-21)17-10-12-18(13-11-17)22(2,3)4/h5-15H,1-4H3,(H2,23,24,25,26). The Labute approximate surface area is 154 Å². The summed E-state index contributed by atoms with van der Waals surface area (Å²) in [5.74, 6) is 0.476. The Hall–Kier alpha value is -2.88. The van der Waals surface area contributed by atoms with Gasteiger partial charge in [-0.25, -0.2) is 4.98 Å². The van der Waals surface area contributed by atoms with Gasteiger partial charge in [0, 0.05) is 11.6 Å². The topological polar surface area (TPSA) is 57.8 Å². The van der Waals surface area contributed by atoms with E-state index in [1.807, 2.05) is 49.4 Å². The second-order valence-electron chi connectivity index (χ2n) is 7.58. The van der Waals surface area contributed by atoms with Crippen molar-refractivity contribution in [2.24, 2.45) is 0 Å². The lowest BCUT2D eigenvalue weighted by Crippen LogP contribution is -2.15. The molecule has 0 amide bonds. The van der Waals surface area contributed by atoms with Gasteiger partial charge in [-0.1, -0.05) is 75.4 Å². The highest BCUT2D eigenvalue weighted by Crippen LogP contribution is 2.25. The van der Waals surface area contributed by atoms with Gasteiger partial charge in [0.1, 0.15) is 0 Å². The molecular formula is C22H25N3O. The van der Waals surface area contributed by atoms with Crippen LogP contribution in [0.15, 0.2) is 65.5 Å². The third-order valence-corrected chi connectivity index (χ3v) is 4.44. The summed E-state index contributed by atoms with van der Waals surface area (Å²) in [6.07, 6.45) is 0. The minimum absolute atomic E-state index is 0.0397. The van der Waals surface area contributed by atoms with Gasteiger partial charge in [-0.2, -0.15) is 0 Å². The van der Waals surface area contributed by atoms with Gasteiger partial charge in [0.25, 0.3) is 5.56 Å². The number of nitrogens with one attached hydrogen (secondary N) is 2. The van der Waals surface area contributed by atoms with E-state index < -0.39 is 0 Å². The van der Waals surface area contributed by atoms with Crippen molar-refractivity contribution in [2.75, 3.05) is 5.32 Å². The normalized spacial score (nSPS) is 12.6. The van der Waals surface area contributed by atoms with E-state index in [9.17, 15) is 4.79 Å². The first kappa shape index (κ1) is 17.9. The molecule has 0 spiro atoms. The maximum Gasteiger partial charge on any atom is 0.252 e. The summed E-state index contributed by atoms with van der Waals surface area (Å²) >= 11 is 0. The lowest BCUT2D eigenvalue weighted by Gasteiger charge is -2.19. The van der Waals surface area contributed by atoms with Crippen LogP contribution in [0.25, 0.3) is 11.3 Å². The Morgan fingerprint density at radius 3 is 2.27 bits per heavy atom. The molecule has 3 rings (SSSR count). The number of H-pyrrole nitrogens is 1. The van der Waals surface area contributed by atoms with Gasteiger partial charge < -0.3 is 5.32 Å². The minimum atomic E-state index is -0.169. The van der Waals surface area contributed by atoms with E-state index in [2.05, 4.69) is 48.2 Å². The molecule has 0 radical (unpaired) electrons. The van der Waals surface area contributed by atoms with Crippen LogP contribution in [-0.4, -0.2) is 9.97 Å². The summed E-state index contributed by atoms with van der Waals surface area (Å²) in [6.45, 7) is 8.58. The van der Waals surface area contributed by atoms with E-state index in [4.69, 9.17) is 0 Å². The number of hydrogen-bond acceptors (Lipinski definition) is 3. The van der Waals surface area contributed by atoms with E-state index in [0.717, 1.165) is 11.1 Å². The third kappa shape index (κ3) is 4.20. The zero-order chi connectivity index (χ0) is 18.7. The van der Waals surface area contributed by atoms with Crippen LogP contribution in [0.1, 0.15) is 44.9 Å². The molecule has 26 heavy (non-hydrogen) atoms. The molecule has 2 N–H and O–H groups in total. The number of aromatic nitrogens is 2. The molecule has 0 aliphatic rings. The first-order valence-corrected chi connectivity index (χ1v) is 8.87. The molecule has 2 aromatic carbocycles. The van der Waals surface area contributed by atoms with E-state index in [0.29, 0.717) is 11.6 Å². The fourth-order valence-electron chi connectivity index (χ4n) is 2.84. The summed E-state index contributed by atoms with van der Waals surface area (Å²) in [5.41, 5.74) is 3.91. The Morgan fingerprint density at radius 1 is 1.00 bits per heavy atom. The molecule has 0 saturated heterocycles. The van der Waals surface area contributed by atoms with Crippen LogP contribution in [0.4, 0.5) is 5.95 Å². The summed E-state index contributed by atoms with van der Waals surface area (Å²) < 4.78 is 0. The molecule has 4 heteroatoms. The van der Waals surface area contributed by atoms with Gasteiger partial charge in [0.05, 0.1) is 11.7 Å². The van der Waals surface area contributed by atoms with Crippen molar-refractivity contribution in [3.05, 3.63) is 82.1 Å². The number of benzene rings is 2. The molecule has 0 bridgehead atoms. The average molecular weight is 347 g/mol. The van der Waals surface area contributed by atoms with Crippen molar-refractivity contribution in [2.45, 2.75) is 39.2 Å². The molecule has 1 atom stereocenters. The third-order valence-electron chi connectivity index (χ3n) is 4.44. The molecule has 1 heterocycles. The second kappa shape index (κ2) is 7.16. The van der Waals surface area contributed by atoms with Crippen molar-refractivity contribution < 1.29 is 0 Å². The van der Waals surface area contributed by atoms with Crippen LogP contribution < -0.4 is 10.9 Å². The number of nitrogens with zero attached hydrogens (tertiary/aromatic N) is 1. The van der Waals surface area contributed by atoms with Crippen LogP contribution in [0.5, 0.6) is 0 Å².